The Kier molecular flexibility index (Phi) is 5.39. The number of methoxy groups -OCH3 is 1. The molecule has 2 heterocycles. The molecule has 0 bridgehead atoms. The lowest BCUT2D eigenvalue weighted by molar-refractivity contribution is -0.115. The summed E-state index contributed by atoms with van der Waals surface area (Å²) in [5.74, 6) is -0.779. The van der Waals surface area contributed by atoms with E-state index in [9.17, 15) is 13.6 Å². The number of nitrogens with zero attached hydrogens (tertiary/aromatic N) is 4. The third-order valence-corrected chi connectivity index (χ3v) is 3.71. The van der Waals surface area contributed by atoms with Gasteiger partial charge in [0, 0.05) is 11.6 Å². The van der Waals surface area contributed by atoms with E-state index in [-0.39, 0.29) is 36.3 Å². The number of benzene rings is 1. The minimum Gasteiger partial charge on any atom is -0.481 e. The Morgan fingerprint density at radius 3 is 2.74 bits per heavy atom. The molecule has 0 aliphatic carbocycles. The molecular weight excluding hydrogens is 356 g/mol. The molecule has 0 aliphatic rings. The van der Waals surface area contributed by atoms with Crippen LogP contribution in [0.4, 0.5) is 14.6 Å². The second kappa shape index (κ2) is 7.90. The highest BCUT2D eigenvalue weighted by atomic mass is 19.1. The van der Waals surface area contributed by atoms with E-state index in [1.54, 1.807) is 24.3 Å². The lowest BCUT2D eigenvalue weighted by Gasteiger charge is -2.07. The molecule has 0 saturated heterocycles. The van der Waals surface area contributed by atoms with Crippen LogP contribution in [0.25, 0.3) is 11.5 Å². The molecule has 0 atom stereocenters. The van der Waals surface area contributed by atoms with Gasteiger partial charge in [-0.05, 0) is 13.0 Å². The molecule has 0 saturated carbocycles. The summed E-state index contributed by atoms with van der Waals surface area (Å²) in [7, 11) is 1.46. The van der Waals surface area contributed by atoms with Crippen molar-refractivity contribution in [3.63, 3.8) is 0 Å². The zero-order valence-corrected chi connectivity index (χ0v) is 14.7. The van der Waals surface area contributed by atoms with E-state index < -0.39 is 5.82 Å². The van der Waals surface area contributed by atoms with Gasteiger partial charge in [0.1, 0.15) is 17.3 Å². The normalized spacial score (nSPS) is 10.7. The molecule has 0 aliphatic heterocycles. The maximum Gasteiger partial charge on any atom is 0.212 e. The minimum absolute atomic E-state index is 0.0571. The van der Waals surface area contributed by atoms with Crippen molar-refractivity contribution >= 4 is 11.6 Å². The molecule has 140 valence electrons. The maximum absolute atomic E-state index is 13.9. The molecule has 1 aromatic carbocycles. The van der Waals surface area contributed by atoms with Crippen molar-refractivity contribution in [3.05, 3.63) is 53.7 Å². The van der Waals surface area contributed by atoms with Crippen molar-refractivity contribution in [1.82, 2.24) is 19.7 Å². The van der Waals surface area contributed by atoms with Gasteiger partial charge in [-0.1, -0.05) is 18.2 Å². The summed E-state index contributed by atoms with van der Waals surface area (Å²) in [5.41, 5.74) is 0.767. The first kappa shape index (κ1) is 18.4. The predicted molar refractivity (Wildman–Crippen MR) is 94.4 cm³/mol. The SMILES string of the molecule is COc1cc(-c2ncc(F)c(NCC(C)=O)n2)nn1Cc1ccccc1F. The van der Waals surface area contributed by atoms with E-state index in [0.717, 1.165) is 6.20 Å². The quantitative estimate of drug-likeness (QED) is 0.686. The molecule has 9 heteroatoms. The number of hydrogen-bond donors (Lipinski definition) is 1. The van der Waals surface area contributed by atoms with E-state index in [2.05, 4.69) is 20.4 Å². The second-order valence-corrected chi connectivity index (χ2v) is 5.77. The number of Topliss-reactive ketones (excluding diaryl/α,β-unsaturated/α-hetero) is 1. The topological polar surface area (TPSA) is 81.9 Å². The Labute approximate surface area is 154 Å². The molecule has 0 unspecified atom stereocenters. The molecule has 3 aromatic rings. The number of aromatic nitrogens is 4. The number of ether oxygens (including phenoxy) is 1. The Morgan fingerprint density at radius 2 is 2.04 bits per heavy atom. The van der Waals surface area contributed by atoms with Gasteiger partial charge in [0.2, 0.25) is 5.88 Å². The zero-order valence-electron chi connectivity index (χ0n) is 14.7. The number of carbonyl (C=O) groups is 1. The van der Waals surface area contributed by atoms with Crippen LogP contribution in [0.3, 0.4) is 0 Å². The summed E-state index contributed by atoms with van der Waals surface area (Å²) in [6, 6.07) is 7.91. The maximum atomic E-state index is 13.9. The van der Waals surface area contributed by atoms with E-state index in [0.29, 0.717) is 17.1 Å². The van der Waals surface area contributed by atoms with Crippen molar-refractivity contribution in [1.29, 1.82) is 0 Å². The fourth-order valence-corrected chi connectivity index (χ4v) is 2.40. The van der Waals surface area contributed by atoms with Gasteiger partial charge in [-0.25, -0.2) is 23.4 Å². The Morgan fingerprint density at radius 1 is 1.26 bits per heavy atom. The summed E-state index contributed by atoms with van der Waals surface area (Å²) < 4.78 is 34.5. The van der Waals surface area contributed by atoms with Crippen molar-refractivity contribution in [3.8, 4) is 17.4 Å². The number of carbonyl (C=O) groups excluding carboxylic acids is 1. The van der Waals surface area contributed by atoms with E-state index >= 15 is 0 Å². The number of hydrogen-bond acceptors (Lipinski definition) is 6. The van der Waals surface area contributed by atoms with Crippen LogP contribution < -0.4 is 10.1 Å². The van der Waals surface area contributed by atoms with Crippen LogP contribution in [0, 0.1) is 11.6 Å². The molecule has 0 fully saturated rings. The van der Waals surface area contributed by atoms with E-state index in [1.165, 1.54) is 24.8 Å². The summed E-state index contributed by atoms with van der Waals surface area (Å²) in [6.07, 6.45) is 0.993. The highest BCUT2D eigenvalue weighted by Gasteiger charge is 2.16. The molecule has 0 amide bonds. The van der Waals surface area contributed by atoms with Gasteiger partial charge in [-0.3, -0.25) is 4.79 Å². The summed E-state index contributed by atoms with van der Waals surface area (Å²) >= 11 is 0. The molecule has 3 rings (SSSR count). The van der Waals surface area contributed by atoms with E-state index in [1.807, 2.05) is 0 Å². The van der Waals surface area contributed by atoms with Crippen LogP contribution in [0.5, 0.6) is 5.88 Å². The highest BCUT2D eigenvalue weighted by Crippen LogP contribution is 2.23. The number of ketones is 1. The lowest BCUT2D eigenvalue weighted by atomic mass is 10.2. The van der Waals surface area contributed by atoms with Crippen molar-refractivity contribution in [2.24, 2.45) is 0 Å². The van der Waals surface area contributed by atoms with Crippen molar-refractivity contribution in [2.75, 3.05) is 19.0 Å². The third kappa shape index (κ3) is 4.25. The first-order valence-electron chi connectivity index (χ1n) is 8.09. The molecule has 0 radical (unpaired) electrons. The number of halogens is 2. The third-order valence-electron chi connectivity index (χ3n) is 3.71. The van der Waals surface area contributed by atoms with E-state index in [4.69, 9.17) is 4.74 Å². The lowest BCUT2D eigenvalue weighted by Crippen LogP contribution is -2.13. The highest BCUT2D eigenvalue weighted by molar-refractivity contribution is 5.80. The minimum atomic E-state index is -0.683. The Bertz CT molecular complexity index is 974. The average molecular weight is 373 g/mol. The summed E-state index contributed by atoms with van der Waals surface area (Å²) in [4.78, 5) is 19.1. The van der Waals surface area contributed by atoms with Gasteiger partial charge < -0.3 is 10.1 Å². The molecular formula is C18H17F2N5O2. The molecule has 1 N–H and O–H groups in total. The molecule has 27 heavy (non-hydrogen) atoms. The molecule has 7 nitrogen and oxygen atoms in total. The van der Waals surface area contributed by atoms with Gasteiger partial charge in [-0.15, -0.1) is 0 Å². The van der Waals surface area contributed by atoms with Crippen LogP contribution in [0.2, 0.25) is 0 Å². The van der Waals surface area contributed by atoms with Gasteiger partial charge >= 0.3 is 0 Å². The van der Waals surface area contributed by atoms with Crippen LogP contribution in [-0.2, 0) is 11.3 Å². The van der Waals surface area contributed by atoms with Gasteiger partial charge in [0.05, 0.1) is 26.4 Å². The fourth-order valence-electron chi connectivity index (χ4n) is 2.40. The summed E-state index contributed by atoms with van der Waals surface area (Å²) in [5, 5.41) is 6.95. The summed E-state index contributed by atoms with van der Waals surface area (Å²) in [6.45, 7) is 1.47. The van der Waals surface area contributed by atoms with Crippen LogP contribution >= 0.6 is 0 Å². The van der Waals surface area contributed by atoms with Gasteiger partial charge in [-0.2, -0.15) is 5.10 Å². The number of anilines is 1. The first-order chi connectivity index (χ1) is 13.0. The fraction of sp³-hybridized carbons (Fsp3) is 0.222. The molecule has 0 spiro atoms. The van der Waals surface area contributed by atoms with Crippen LogP contribution in [-0.4, -0.2) is 39.2 Å². The number of nitrogens with one attached hydrogen (secondary N) is 1. The Hall–Kier alpha value is -3.36. The van der Waals surface area contributed by atoms with Gasteiger partial charge in [0.15, 0.2) is 17.5 Å². The zero-order chi connectivity index (χ0) is 19.4. The van der Waals surface area contributed by atoms with Crippen molar-refractivity contribution < 1.29 is 18.3 Å². The largest absolute Gasteiger partial charge is 0.481 e. The average Bonchev–Trinajstić information content (AvgIpc) is 3.06. The monoisotopic (exact) mass is 373 g/mol. The van der Waals surface area contributed by atoms with Crippen LogP contribution in [0.1, 0.15) is 12.5 Å². The molecule has 2 aromatic heterocycles. The Balaban J connectivity index is 1.91. The van der Waals surface area contributed by atoms with Gasteiger partial charge in [0.25, 0.3) is 0 Å². The smallest absolute Gasteiger partial charge is 0.212 e. The standard InChI is InChI=1S/C18H17F2N5O2/c1-11(26)8-21-17-14(20)9-22-18(23-17)15-7-16(27-2)25(24-15)10-12-5-3-4-6-13(12)19/h3-7,9H,8,10H2,1-2H3,(H,21,22,23). The predicted octanol–water partition coefficient (Wildman–Crippen LogP) is 2.68. The second-order valence-electron chi connectivity index (χ2n) is 5.77. The van der Waals surface area contributed by atoms with Crippen molar-refractivity contribution in [2.45, 2.75) is 13.5 Å². The number of rotatable bonds is 7. The first-order valence-corrected chi connectivity index (χ1v) is 8.09. The van der Waals surface area contributed by atoms with Crippen LogP contribution in [0.15, 0.2) is 36.5 Å².